The van der Waals surface area contributed by atoms with Crippen molar-refractivity contribution in [3.8, 4) is 0 Å². The van der Waals surface area contributed by atoms with Gasteiger partial charge in [-0.2, -0.15) is 0 Å². The van der Waals surface area contributed by atoms with Gasteiger partial charge in [-0.25, -0.2) is 0 Å². The summed E-state index contributed by atoms with van der Waals surface area (Å²) in [6, 6.07) is 0. The smallest absolute Gasteiger partial charge is 0.312 e. The fraction of sp³-hybridized carbons (Fsp3) is 0.929. The number of epoxide rings is 2. The van der Waals surface area contributed by atoms with Gasteiger partial charge in [0.05, 0.1) is 12.5 Å². The summed E-state index contributed by atoms with van der Waals surface area (Å²) in [6.45, 7) is 0. The van der Waals surface area contributed by atoms with Gasteiger partial charge in [-0.15, -0.1) is 0 Å². The second kappa shape index (κ2) is 3.28. The van der Waals surface area contributed by atoms with Crippen LogP contribution in [-0.2, 0) is 19.0 Å². The molecule has 2 heterocycles. The highest BCUT2D eigenvalue weighted by Gasteiger charge is 2.93. The Kier molecular flexibility index (Phi) is 2.05. The van der Waals surface area contributed by atoms with Gasteiger partial charge in [-0.1, -0.05) is 19.3 Å². The van der Waals surface area contributed by atoms with Gasteiger partial charge >= 0.3 is 5.97 Å². The summed E-state index contributed by atoms with van der Waals surface area (Å²) in [4.78, 5) is 12.4. The van der Waals surface area contributed by atoms with Gasteiger partial charge < -0.3 is 14.2 Å². The van der Waals surface area contributed by atoms with Crippen LogP contribution in [0.3, 0.4) is 0 Å². The zero-order chi connectivity index (χ0) is 12.4. The van der Waals surface area contributed by atoms with Crippen LogP contribution in [0.15, 0.2) is 0 Å². The fourth-order valence-electron chi connectivity index (χ4n) is 4.43. The van der Waals surface area contributed by atoms with Crippen molar-refractivity contribution in [3.63, 3.8) is 0 Å². The van der Waals surface area contributed by atoms with Gasteiger partial charge in [-0.3, -0.25) is 4.79 Å². The average Bonchev–Trinajstić information content (AvgIpc) is 3.24. The summed E-state index contributed by atoms with van der Waals surface area (Å²) < 4.78 is 16.4. The maximum absolute atomic E-state index is 12.4. The van der Waals surface area contributed by atoms with E-state index in [-0.39, 0.29) is 17.2 Å². The second-order valence-corrected chi connectivity index (χ2v) is 6.37. The molecule has 4 rings (SSSR count). The first-order valence-electron chi connectivity index (χ1n) is 7.15. The van der Waals surface area contributed by atoms with E-state index in [1.165, 1.54) is 26.4 Å². The zero-order valence-electron chi connectivity index (χ0n) is 10.9. The highest BCUT2D eigenvalue weighted by atomic mass is 17.0. The van der Waals surface area contributed by atoms with Crippen LogP contribution >= 0.6 is 0 Å². The molecule has 4 aliphatic rings. The molecule has 2 aliphatic heterocycles. The Hall–Kier alpha value is -0.610. The lowest BCUT2D eigenvalue weighted by molar-refractivity contribution is -0.162. The van der Waals surface area contributed by atoms with Gasteiger partial charge in [0.2, 0.25) is 11.6 Å². The van der Waals surface area contributed by atoms with Gasteiger partial charge in [0.1, 0.15) is 0 Å². The van der Waals surface area contributed by atoms with Crippen LogP contribution in [0.5, 0.6) is 0 Å². The molecule has 4 fully saturated rings. The molecule has 18 heavy (non-hydrogen) atoms. The van der Waals surface area contributed by atoms with Crippen molar-refractivity contribution in [3.05, 3.63) is 0 Å². The molecule has 0 radical (unpaired) electrons. The molecule has 2 saturated heterocycles. The van der Waals surface area contributed by atoms with E-state index in [1.54, 1.807) is 0 Å². The molecule has 0 spiro atoms. The first-order valence-corrected chi connectivity index (χ1v) is 7.15. The minimum Gasteiger partial charge on any atom is -0.469 e. The third-order valence-corrected chi connectivity index (χ3v) is 5.58. The zero-order valence-corrected chi connectivity index (χ0v) is 10.9. The SMILES string of the molecule is COC(=O)C1(C2CCCCC2)CCC23OC2(C1)O3. The molecule has 0 bridgehead atoms. The van der Waals surface area contributed by atoms with E-state index >= 15 is 0 Å². The summed E-state index contributed by atoms with van der Waals surface area (Å²) >= 11 is 0. The monoisotopic (exact) mass is 252 g/mol. The van der Waals surface area contributed by atoms with Crippen molar-refractivity contribution in [2.75, 3.05) is 7.11 Å². The quantitative estimate of drug-likeness (QED) is 0.559. The minimum absolute atomic E-state index is 0.0385. The fourth-order valence-corrected chi connectivity index (χ4v) is 4.43. The molecule has 0 N–H and O–H groups in total. The van der Waals surface area contributed by atoms with Crippen molar-refractivity contribution in [2.24, 2.45) is 11.3 Å². The molecule has 100 valence electrons. The van der Waals surface area contributed by atoms with Crippen LogP contribution in [-0.4, -0.2) is 24.7 Å². The first-order chi connectivity index (χ1) is 8.66. The Labute approximate surface area is 107 Å². The number of methoxy groups -OCH3 is 1. The van der Waals surface area contributed by atoms with Crippen molar-refractivity contribution in [1.29, 1.82) is 0 Å². The summed E-state index contributed by atoms with van der Waals surface area (Å²) in [5, 5.41) is 0. The standard InChI is InChI=1S/C14H20O4/c1-16-11(15)12(10-5-3-2-4-6-10)7-8-13-14(9-12,17-13)18-13/h10H,2-9H2,1H3. The summed E-state index contributed by atoms with van der Waals surface area (Å²) in [6.07, 6.45) is 8.53. The molecular formula is C14H20O4. The molecule has 0 aromatic rings. The van der Waals surface area contributed by atoms with E-state index in [4.69, 9.17) is 14.2 Å². The lowest BCUT2D eigenvalue weighted by Crippen LogP contribution is -2.44. The van der Waals surface area contributed by atoms with Crippen LogP contribution in [0.4, 0.5) is 0 Å². The molecule has 4 heteroatoms. The van der Waals surface area contributed by atoms with Gasteiger partial charge in [0.25, 0.3) is 0 Å². The second-order valence-electron chi connectivity index (χ2n) is 6.37. The molecule has 0 amide bonds. The number of ether oxygens (including phenoxy) is 3. The largest absolute Gasteiger partial charge is 0.469 e. The van der Waals surface area contributed by atoms with Crippen molar-refractivity contribution >= 4 is 5.97 Å². The number of rotatable bonds is 2. The van der Waals surface area contributed by atoms with Crippen molar-refractivity contribution in [2.45, 2.75) is 62.9 Å². The molecule has 0 aromatic carbocycles. The summed E-state index contributed by atoms with van der Waals surface area (Å²) in [5.41, 5.74) is -0.342. The molecule has 2 saturated carbocycles. The topological polar surface area (TPSA) is 51.4 Å². The summed E-state index contributed by atoms with van der Waals surface area (Å²) in [7, 11) is 1.51. The number of carbonyl (C=O) groups excluding carboxylic acids is 1. The average molecular weight is 252 g/mol. The molecular weight excluding hydrogens is 232 g/mol. The van der Waals surface area contributed by atoms with E-state index < -0.39 is 5.79 Å². The van der Waals surface area contributed by atoms with Crippen LogP contribution in [0.25, 0.3) is 0 Å². The van der Waals surface area contributed by atoms with Crippen LogP contribution < -0.4 is 0 Å². The Bertz CT molecular complexity index is 393. The van der Waals surface area contributed by atoms with Gasteiger partial charge in [0.15, 0.2) is 0 Å². The van der Waals surface area contributed by atoms with E-state index in [9.17, 15) is 4.79 Å². The van der Waals surface area contributed by atoms with Crippen molar-refractivity contribution < 1.29 is 19.0 Å². The Balaban J connectivity index is 1.63. The highest BCUT2D eigenvalue weighted by Crippen LogP contribution is 2.78. The predicted octanol–water partition coefficient (Wildman–Crippen LogP) is 2.36. The third-order valence-electron chi connectivity index (χ3n) is 5.58. The maximum Gasteiger partial charge on any atom is 0.312 e. The molecule has 2 aliphatic carbocycles. The van der Waals surface area contributed by atoms with E-state index in [0.29, 0.717) is 5.92 Å². The van der Waals surface area contributed by atoms with Crippen LogP contribution in [0.1, 0.15) is 51.4 Å². The highest BCUT2D eigenvalue weighted by molar-refractivity contribution is 5.78. The molecule has 1 atom stereocenters. The van der Waals surface area contributed by atoms with E-state index in [0.717, 1.165) is 32.1 Å². The third kappa shape index (κ3) is 1.21. The number of hydrogen-bond donors (Lipinski definition) is 0. The van der Waals surface area contributed by atoms with Gasteiger partial charge in [0, 0.05) is 12.8 Å². The van der Waals surface area contributed by atoms with Crippen LogP contribution in [0, 0.1) is 11.3 Å². The Morgan fingerprint density at radius 2 is 1.83 bits per heavy atom. The van der Waals surface area contributed by atoms with Crippen molar-refractivity contribution in [1.82, 2.24) is 0 Å². The van der Waals surface area contributed by atoms with E-state index in [2.05, 4.69) is 0 Å². The lowest BCUT2D eigenvalue weighted by Gasteiger charge is -2.40. The normalized spacial score (nSPS) is 50.1. The number of carbonyl (C=O) groups is 1. The Morgan fingerprint density at radius 3 is 2.44 bits per heavy atom. The maximum atomic E-state index is 12.4. The molecule has 4 nitrogen and oxygen atoms in total. The summed E-state index contributed by atoms with van der Waals surface area (Å²) in [5.74, 6) is -0.251. The number of esters is 1. The first kappa shape index (κ1) is 11.2. The molecule has 1 unspecified atom stereocenters. The number of hydrogen-bond acceptors (Lipinski definition) is 4. The lowest BCUT2D eigenvalue weighted by atomic mass is 9.61. The van der Waals surface area contributed by atoms with Crippen LogP contribution in [0.2, 0.25) is 0 Å². The Morgan fingerprint density at radius 1 is 1.11 bits per heavy atom. The minimum atomic E-state index is -0.392. The van der Waals surface area contributed by atoms with Gasteiger partial charge in [-0.05, 0) is 25.2 Å². The predicted molar refractivity (Wildman–Crippen MR) is 62.5 cm³/mol. The molecule has 0 aromatic heterocycles. The van der Waals surface area contributed by atoms with E-state index in [1.807, 2.05) is 0 Å².